The Hall–Kier alpha value is -2.10. The highest BCUT2D eigenvalue weighted by Crippen LogP contribution is 2.13. The van der Waals surface area contributed by atoms with Crippen molar-refractivity contribution in [1.29, 1.82) is 0 Å². The molecule has 0 atom stereocenters. The summed E-state index contributed by atoms with van der Waals surface area (Å²) >= 11 is 0. The number of hydrogen-bond acceptors (Lipinski definition) is 3. The Bertz CT molecular complexity index is 572. The number of aryl methyl sites for hydroxylation is 1. The fourth-order valence-electron chi connectivity index (χ4n) is 2.28. The van der Waals surface area contributed by atoms with Crippen LogP contribution in [0.4, 0.5) is 5.69 Å². The van der Waals surface area contributed by atoms with Crippen molar-refractivity contribution in [3.8, 4) is 0 Å². The third kappa shape index (κ3) is 4.18. The minimum absolute atomic E-state index is 0.211. The van der Waals surface area contributed by atoms with Gasteiger partial charge in [-0.1, -0.05) is 13.8 Å². The number of Topliss-reactive ketones (excluding diaryl/α,β-unsaturated/α-hetero) is 1. The zero-order valence-corrected chi connectivity index (χ0v) is 12.8. The van der Waals surface area contributed by atoms with Gasteiger partial charge < -0.3 is 9.88 Å². The van der Waals surface area contributed by atoms with E-state index < -0.39 is 0 Å². The highest BCUT2D eigenvalue weighted by atomic mass is 16.1. The molecule has 0 bridgehead atoms. The van der Waals surface area contributed by atoms with Crippen molar-refractivity contribution in [3.05, 3.63) is 48.0 Å². The summed E-state index contributed by atoms with van der Waals surface area (Å²) in [6.45, 7) is 5.85. The molecule has 4 heteroatoms. The lowest BCUT2D eigenvalue weighted by Crippen LogP contribution is -2.08. The molecular formula is C17H23N3O. The van der Waals surface area contributed by atoms with Gasteiger partial charge in [-0.15, -0.1) is 0 Å². The van der Waals surface area contributed by atoms with Gasteiger partial charge in [-0.3, -0.25) is 4.79 Å². The van der Waals surface area contributed by atoms with Crippen LogP contribution in [0.25, 0.3) is 0 Å². The van der Waals surface area contributed by atoms with E-state index in [1.165, 1.54) is 0 Å². The van der Waals surface area contributed by atoms with E-state index in [1.54, 1.807) is 0 Å². The molecule has 1 aromatic carbocycles. The second-order valence-corrected chi connectivity index (χ2v) is 5.14. The fourth-order valence-corrected chi connectivity index (χ4v) is 2.28. The van der Waals surface area contributed by atoms with Gasteiger partial charge in [0.25, 0.3) is 0 Å². The number of carbonyl (C=O) groups excluding carboxylic acids is 1. The fraction of sp³-hybridized carbons (Fsp3) is 0.412. The van der Waals surface area contributed by atoms with Gasteiger partial charge in [0, 0.05) is 36.6 Å². The number of imidazole rings is 1. The van der Waals surface area contributed by atoms with Gasteiger partial charge in [-0.25, -0.2) is 4.98 Å². The molecule has 0 aliphatic carbocycles. The van der Waals surface area contributed by atoms with Crippen LogP contribution in [0.15, 0.2) is 36.7 Å². The summed E-state index contributed by atoms with van der Waals surface area (Å²) < 4.78 is 2.16. The van der Waals surface area contributed by atoms with E-state index in [2.05, 4.69) is 21.8 Å². The first-order valence-corrected chi connectivity index (χ1v) is 7.61. The molecule has 21 heavy (non-hydrogen) atoms. The molecule has 0 aliphatic rings. The van der Waals surface area contributed by atoms with Crippen LogP contribution in [0, 0.1) is 0 Å². The minimum Gasteiger partial charge on any atom is -0.378 e. The maximum absolute atomic E-state index is 11.8. The Morgan fingerprint density at radius 2 is 1.95 bits per heavy atom. The zero-order chi connectivity index (χ0) is 15.1. The van der Waals surface area contributed by atoms with E-state index in [-0.39, 0.29) is 5.78 Å². The smallest absolute Gasteiger partial charge is 0.162 e. The average Bonchev–Trinajstić information content (AvgIpc) is 2.94. The number of benzene rings is 1. The van der Waals surface area contributed by atoms with Crippen molar-refractivity contribution < 1.29 is 4.79 Å². The lowest BCUT2D eigenvalue weighted by molar-refractivity contribution is 0.0982. The van der Waals surface area contributed by atoms with Crippen LogP contribution in [0.1, 0.15) is 49.3 Å². The Morgan fingerprint density at radius 3 is 2.62 bits per heavy atom. The zero-order valence-electron chi connectivity index (χ0n) is 12.8. The molecule has 2 rings (SSSR count). The molecule has 0 fully saturated rings. The number of aromatic nitrogens is 2. The highest BCUT2D eigenvalue weighted by Gasteiger charge is 2.05. The van der Waals surface area contributed by atoms with Crippen molar-refractivity contribution in [1.82, 2.24) is 9.55 Å². The lowest BCUT2D eigenvalue weighted by atomic mass is 10.1. The van der Waals surface area contributed by atoms with Crippen molar-refractivity contribution in [2.45, 2.75) is 46.2 Å². The predicted molar refractivity (Wildman–Crippen MR) is 85.5 cm³/mol. The first-order chi connectivity index (χ1) is 10.2. The first kappa shape index (κ1) is 15.3. The summed E-state index contributed by atoms with van der Waals surface area (Å²) in [5.41, 5.74) is 1.80. The lowest BCUT2D eigenvalue weighted by Gasteiger charge is -2.09. The van der Waals surface area contributed by atoms with Crippen LogP contribution in [-0.4, -0.2) is 15.3 Å². The van der Waals surface area contributed by atoms with Crippen LogP contribution >= 0.6 is 0 Å². The largest absolute Gasteiger partial charge is 0.378 e. The van der Waals surface area contributed by atoms with Gasteiger partial charge in [-0.2, -0.15) is 0 Å². The van der Waals surface area contributed by atoms with E-state index in [1.807, 2.05) is 43.6 Å². The average molecular weight is 285 g/mol. The number of ketones is 1. The quantitative estimate of drug-likeness (QED) is 0.748. The van der Waals surface area contributed by atoms with Crippen molar-refractivity contribution in [2.75, 3.05) is 5.32 Å². The molecule has 1 N–H and O–H groups in total. The van der Waals surface area contributed by atoms with E-state index in [9.17, 15) is 4.79 Å². The second kappa shape index (κ2) is 7.62. The SMILES string of the molecule is CCCC(=O)c1ccc(NCc2nccn2CCC)cc1. The summed E-state index contributed by atoms with van der Waals surface area (Å²) in [4.78, 5) is 16.1. The third-order valence-corrected chi connectivity index (χ3v) is 3.40. The van der Waals surface area contributed by atoms with Gasteiger partial charge in [0.2, 0.25) is 0 Å². The van der Waals surface area contributed by atoms with Crippen LogP contribution in [0.5, 0.6) is 0 Å². The molecule has 1 heterocycles. The van der Waals surface area contributed by atoms with Crippen molar-refractivity contribution >= 4 is 11.5 Å². The molecule has 0 spiro atoms. The monoisotopic (exact) mass is 285 g/mol. The summed E-state index contributed by atoms with van der Waals surface area (Å²) in [7, 11) is 0. The Morgan fingerprint density at radius 1 is 1.19 bits per heavy atom. The number of rotatable bonds is 8. The summed E-state index contributed by atoms with van der Waals surface area (Å²) in [6, 6.07) is 7.68. The topological polar surface area (TPSA) is 46.9 Å². The molecule has 112 valence electrons. The Kier molecular flexibility index (Phi) is 5.55. The van der Waals surface area contributed by atoms with Crippen molar-refractivity contribution in [3.63, 3.8) is 0 Å². The van der Waals surface area contributed by atoms with Gasteiger partial charge in [-0.05, 0) is 37.1 Å². The van der Waals surface area contributed by atoms with Crippen LogP contribution in [-0.2, 0) is 13.1 Å². The maximum Gasteiger partial charge on any atom is 0.162 e. The van der Waals surface area contributed by atoms with E-state index >= 15 is 0 Å². The first-order valence-electron chi connectivity index (χ1n) is 7.61. The van der Waals surface area contributed by atoms with Crippen LogP contribution < -0.4 is 5.32 Å². The predicted octanol–water partition coefficient (Wildman–Crippen LogP) is 3.89. The normalized spacial score (nSPS) is 10.6. The summed E-state index contributed by atoms with van der Waals surface area (Å²) in [5, 5.41) is 3.35. The standard InChI is InChI=1S/C17H23N3O/c1-3-5-16(21)14-6-8-15(9-7-14)19-13-17-18-10-12-20(17)11-4-2/h6-10,12,19H,3-5,11,13H2,1-2H3. The van der Waals surface area contributed by atoms with Crippen LogP contribution in [0.2, 0.25) is 0 Å². The Labute approximate surface area is 126 Å². The molecule has 4 nitrogen and oxygen atoms in total. The number of nitrogens with one attached hydrogen (secondary N) is 1. The summed E-state index contributed by atoms with van der Waals surface area (Å²) in [5.74, 6) is 1.24. The molecule has 0 aliphatic heterocycles. The highest BCUT2D eigenvalue weighted by molar-refractivity contribution is 5.96. The number of hydrogen-bond donors (Lipinski definition) is 1. The van der Waals surface area contributed by atoms with Gasteiger partial charge in [0.1, 0.15) is 5.82 Å². The number of anilines is 1. The van der Waals surface area contributed by atoms with E-state index in [0.29, 0.717) is 13.0 Å². The van der Waals surface area contributed by atoms with E-state index in [0.717, 1.165) is 36.5 Å². The summed E-state index contributed by atoms with van der Waals surface area (Å²) in [6.07, 6.45) is 6.43. The maximum atomic E-state index is 11.8. The molecule has 2 aromatic rings. The molecule has 0 saturated carbocycles. The van der Waals surface area contributed by atoms with Gasteiger partial charge in [0.05, 0.1) is 6.54 Å². The molecule has 0 amide bonds. The van der Waals surface area contributed by atoms with E-state index in [4.69, 9.17) is 0 Å². The third-order valence-electron chi connectivity index (χ3n) is 3.40. The number of nitrogens with zero attached hydrogens (tertiary/aromatic N) is 2. The Balaban J connectivity index is 1.94. The molecule has 0 radical (unpaired) electrons. The van der Waals surface area contributed by atoms with Crippen LogP contribution in [0.3, 0.4) is 0 Å². The van der Waals surface area contributed by atoms with Gasteiger partial charge >= 0.3 is 0 Å². The molecule has 0 saturated heterocycles. The molecule has 0 unspecified atom stereocenters. The molecule has 1 aromatic heterocycles. The minimum atomic E-state index is 0.211. The molecular weight excluding hydrogens is 262 g/mol. The van der Waals surface area contributed by atoms with Gasteiger partial charge in [0.15, 0.2) is 5.78 Å². The second-order valence-electron chi connectivity index (χ2n) is 5.14. The van der Waals surface area contributed by atoms with Crippen molar-refractivity contribution in [2.24, 2.45) is 0 Å². The number of carbonyl (C=O) groups is 1.